The molecule has 7 heteroatoms. The fourth-order valence-electron chi connectivity index (χ4n) is 4.97. The highest BCUT2D eigenvalue weighted by molar-refractivity contribution is 8.14. The van der Waals surface area contributed by atoms with E-state index in [9.17, 15) is 0 Å². The molecule has 31 heavy (non-hydrogen) atoms. The number of benzene rings is 1. The monoisotopic (exact) mass is 438 g/mol. The smallest absolute Gasteiger partial charge is 0.160 e. The summed E-state index contributed by atoms with van der Waals surface area (Å²) in [6.45, 7) is 5.35. The summed E-state index contributed by atoms with van der Waals surface area (Å²) in [5.74, 6) is 1.80. The number of anilines is 1. The Morgan fingerprint density at radius 1 is 1.03 bits per heavy atom. The number of rotatable bonds is 5. The molecule has 4 heterocycles. The first-order chi connectivity index (χ1) is 15.2. The van der Waals surface area contributed by atoms with Crippen LogP contribution < -0.4 is 14.4 Å². The zero-order chi connectivity index (χ0) is 21.4. The van der Waals surface area contributed by atoms with Gasteiger partial charge in [0.2, 0.25) is 0 Å². The van der Waals surface area contributed by atoms with Crippen LogP contribution in [0.4, 0.5) is 5.69 Å². The van der Waals surface area contributed by atoms with E-state index in [4.69, 9.17) is 14.5 Å². The molecular weight excluding hydrogens is 408 g/mol. The Labute approximate surface area is 188 Å². The summed E-state index contributed by atoms with van der Waals surface area (Å²) in [5.41, 5.74) is 3.23. The highest BCUT2D eigenvalue weighted by Crippen LogP contribution is 2.51. The number of aromatic nitrogens is 1. The molecule has 0 unspecified atom stereocenters. The van der Waals surface area contributed by atoms with Crippen molar-refractivity contribution in [1.29, 1.82) is 0 Å². The number of hydrogen-bond donors (Lipinski definition) is 0. The number of fused-ring (bicyclic) bond motifs is 1. The van der Waals surface area contributed by atoms with Crippen molar-refractivity contribution in [2.75, 3.05) is 38.8 Å². The predicted octanol–water partition coefficient (Wildman–Crippen LogP) is 4.68. The maximum Gasteiger partial charge on any atom is 0.160 e. The molecule has 1 aromatic carbocycles. The number of hydrogen-bond acceptors (Lipinski definition) is 7. The molecule has 5 rings (SSSR count). The van der Waals surface area contributed by atoms with Crippen LogP contribution in [0.5, 0.6) is 11.5 Å². The molecule has 0 aliphatic carbocycles. The van der Waals surface area contributed by atoms with E-state index in [0.29, 0.717) is 5.25 Å². The summed E-state index contributed by atoms with van der Waals surface area (Å²) >= 11 is 1.85. The number of nitrogens with zero attached hydrogens (tertiary/aromatic N) is 4. The van der Waals surface area contributed by atoms with Gasteiger partial charge in [0.25, 0.3) is 0 Å². The van der Waals surface area contributed by atoms with Gasteiger partial charge in [0, 0.05) is 42.7 Å². The third-order valence-corrected chi connectivity index (χ3v) is 7.53. The number of pyridine rings is 1. The summed E-state index contributed by atoms with van der Waals surface area (Å²) in [6.07, 6.45) is 5.59. The molecule has 0 amide bonds. The predicted molar refractivity (Wildman–Crippen MR) is 127 cm³/mol. The van der Waals surface area contributed by atoms with Gasteiger partial charge in [-0.1, -0.05) is 24.8 Å². The van der Waals surface area contributed by atoms with E-state index in [-0.39, 0.29) is 12.1 Å². The summed E-state index contributed by atoms with van der Waals surface area (Å²) < 4.78 is 11.9. The topological polar surface area (TPSA) is 50.2 Å². The lowest BCUT2D eigenvalue weighted by atomic mass is 9.94. The van der Waals surface area contributed by atoms with Gasteiger partial charge >= 0.3 is 0 Å². The zero-order valence-corrected chi connectivity index (χ0v) is 19.3. The molecule has 3 atom stereocenters. The van der Waals surface area contributed by atoms with Crippen LogP contribution in [0.15, 0.2) is 41.5 Å². The van der Waals surface area contributed by atoms with Gasteiger partial charge in [-0.25, -0.2) is 0 Å². The number of piperidine rings is 1. The van der Waals surface area contributed by atoms with Crippen molar-refractivity contribution >= 4 is 22.6 Å². The molecule has 0 N–H and O–H groups in total. The molecule has 0 radical (unpaired) electrons. The van der Waals surface area contributed by atoms with E-state index in [1.807, 2.05) is 30.1 Å². The van der Waals surface area contributed by atoms with Crippen molar-refractivity contribution in [3.8, 4) is 11.5 Å². The normalized spacial score (nSPS) is 25.4. The fourth-order valence-corrected chi connectivity index (χ4v) is 6.07. The molecule has 3 aliphatic rings. The van der Waals surface area contributed by atoms with E-state index in [1.54, 1.807) is 14.2 Å². The molecule has 1 aromatic heterocycles. The number of methoxy groups -OCH3 is 2. The molecule has 2 saturated heterocycles. The van der Waals surface area contributed by atoms with Crippen molar-refractivity contribution in [1.82, 2.24) is 9.88 Å². The van der Waals surface area contributed by atoms with Crippen molar-refractivity contribution in [3.05, 3.63) is 47.8 Å². The van der Waals surface area contributed by atoms with Gasteiger partial charge in [-0.15, -0.1) is 0 Å². The molecular formula is C24H30N4O2S. The molecule has 0 bridgehead atoms. The van der Waals surface area contributed by atoms with Crippen molar-refractivity contribution < 1.29 is 9.47 Å². The van der Waals surface area contributed by atoms with Gasteiger partial charge in [-0.05, 0) is 37.5 Å². The second-order valence-corrected chi connectivity index (χ2v) is 9.86. The van der Waals surface area contributed by atoms with E-state index in [0.717, 1.165) is 53.2 Å². The number of amidine groups is 1. The van der Waals surface area contributed by atoms with E-state index in [2.05, 4.69) is 39.9 Å². The molecule has 0 saturated carbocycles. The van der Waals surface area contributed by atoms with Crippen LogP contribution >= 0.6 is 11.8 Å². The number of thioether (sulfide) groups is 1. The third-order valence-electron chi connectivity index (χ3n) is 6.43. The van der Waals surface area contributed by atoms with Crippen molar-refractivity contribution in [2.45, 2.75) is 43.5 Å². The first-order valence-corrected chi connectivity index (χ1v) is 12.0. The Balaban J connectivity index is 1.59. The van der Waals surface area contributed by atoms with Crippen LogP contribution in [0, 0.1) is 0 Å². The van der Waals surface area contributed by atoms with E-state index >= 15 is 0 Å². The average Bonchev–Trinajstić information content (AvgIpc) is 3.35. The molecule has 2 aromatic rings. The lowest BCUT2D eigenvalue weighted by Gasteiger charge is -2.33. The Bertz CT molecular complexity index is 962. The number of aliphatic imine (C=N–C) groups is 1. The van der Waals surface area contributed by atoms with E-state index in [1.165, 1.54) is 19.3 Å². The van der Waals surface area contributed by atoms with Gasteiger partial charge in [-0.3, -0.25) is 9.98 Å². The maximum absolute atomic E-state index is 5.96. The minimum Gasteiger partial charge on any atom is -0.496 e. The van der Waals surface area contributed by atoms with Gasteiger partial charge in [0.05, 0.1) is 31.6 Å². The highest BCUT2D eigenvalue weighted by Gasteiger charge is 2.45. The lowest BCUT2D eigenvalue weighted by Crippen LogP contribution is -2.31. The van der Waals surface area contributed by atoms with Crippen LogP contribution in [-0.2, 0) is 0 Å². The first kappa shape index (κ1) is 20.5. The molecule has 3 aliphatic heterocycles. The van der Waals surface area contributed by atoms with Crippen LogP contribution in [0.25, 0.3) is 0 Å². The second kappa shape index (κ2) is 8.61. The van der Waals surface area contributed by atoms with Gasteiger partial charge in [0.1, 0.15) is 17.5 Å². The van der Waals surface area contributed by atoms with Crippen LogP contribution in [-0.4, -0.2) is 54.2 Å². The van der Waals surface area contributed by atoms with Crippen LogP contribution in [0.3, 0.4) is 0 Å². The zero-order valence-electron chi connectivity index (χ0n) is 18.5. The third kappa shape index (κ3) is 3.73. The van der Waals surface area contributed by atoms with Gasteiger partial charge in [0.15, 0.2) is 5.17 Å². The van der Waals surface area contributed by atoms with Gasteiger partial charge in [-0.2, -0.15) is 0 Å². The molecule has 6 nitrogen and oxygen atoms in total. The second-order valence-electron chi connectivity index (χ2n) is 8.45. The van der Waals surface area contributed by atoms with Crippen molar-refractivity contribution in [3.63, 3.8) is 0 Å². The van der Waals surface area contributed by atoms with Crippen molar-refractivity contribution in [2.24, 2.45) is 4.99 Å². The van der Waals surface area contributed by atoms with Crippen LogP contribution in [0.2, 0.25) is 0 Å². The average molecular weight is 439 g/mol. The summed E-state index contributed by atoms with van der Waals surface area (Å²) in [7, 11) is 3.53. The SMILES string of the molecule is COc1cc(N2CCCCC2)c(OC)cc1[C@H]1[C@@H](c2ccccn2)N=C2S[C@@H](C)CN21. The van der Waals surface area contributed by atoms with Crippen LogP contribution in [0.1, 0.15) is 49.5 Å². The Kier molecular flexibility index (Phi) is 5.69. The standard InChI is InChI=1S/C24H30N4O2S/c1-16-15-28-23(22(26-24(28)31-16)18-9-5-6-10-25-18)17-13-21(30-3)19(14-20(17)29-2)27-11-7-4-8-12-27/h5-6,9-10,13-14,16,22-23H,4,7-8,11-12,15H2,1-3H3/t16-,22+,23-/m0/s1. The summed E-state index contributed by atoms with van der Waals surface area (Å²) in [5, 5.41) is 1.63. The Morgan fingerprint density at radius 2 is 1.84 bits per heavy atom. The largest absolute Gasteiger partial charge is 0.496 e. The lowest BCUT2D eigenvalue weighted by molar-refractivity contribution is 0.306. The minimum absolute atomic E-state index is 0.0432. The molecule has 164 valence electrons. The molecule has 0 spiro atoms. The first-order valence-electron chi connectivity index (χ1n) is 11.1. The highest BCUT2D eigenvalue weighted by atomic mass is 32.2. The van der Waals surface area contributed by atoms with Gasteiger partial charge < -0.3 is 19.3 Å². The number of ether oxygens (including phenoxy) is 2. The molecule has 2 fully saturated rings. The quantitative estimate of drug-likeness (QED) is 0.676. The summed E-state index contributed by atoms with van der Waals surface area (Å²) in [4.78, 5) is 14.6. The van der Waals surface area contributed by atoms with E-state index < -0.39 is 0 Å². The minimum atomic E-state index is -0.0596. The summed E-state index contributed by atoms with van der Waals surface area (Å²) in [6, 6.07) is 10.4. The fraction of sp³-hybridized carbons (Fsp3) is 0.500. The Hall–Kier alpha value is -2.41. The Morgan fingerprint density at radius 3 is 2.55 bits per heavy atom. The maximum atomic E-state index is 5.96.